The van der Waals surface area contributed by atoms with Crippen molar-refractivity contribution in [2.75, 3.05) is 31.6 Å². The van der Waals surface area contributed by atoms with Crippen LogP contribution in [0, 0.1) is 0 Å². The van der Waals surface area contributed by atoms with Crippen LogP contribution in [0.25, 0.3) is 33.3 Å². The van der Waals surface area contributed by atoms with Crippen molar-refractivity contribution in [3.8, 4) is 11.4 Å². The number of nitrogens with zero attached hydrogens (tertiary/aromatic N) is 6. The zero-order valence-electron chi connectivity index (χ0n) is 18.3. The van der Waals surface area contributed by atoms with Gasteiger partial charge in [-0.25, -0.2) is 9.97 Å². The van der Waals surface area contributed by atoms with Gasteiger partial charge >= 0.3 is 0 Å². The van der Waals surface area contributed by atoms with E-state index in [2.05, 4.69) is 53.6 Å². The summed E-state index contributed by atoms with van der Waals surface area (Å²) < 4.78 is 7.45. The third kappa shape index (κ3) is 3.51. The lowest BCUT2D eigenvalue weighted by molar-refractivity contribution is 0.00791. The van der Waals surface area contributed by atoms with Crippen molar-refractivity contribution < 1.29 is 4.74 Å². The van der Waals surface area contributed by atoms with E-state index in [0.717, 1.165) is 78.3 Å². The molecule has 6 rings (SSSR count). The number of aromatic nitrogens is 6. The van der Waals surface area contributed by atoms with Gasteiger partial charge in [0.2, 0.25) is 0 Å². The van der Waals surface area contributed by atoms with Crippen LogP contribution in [0.3, 0.4) is 0 Å². The third-order valence-corrected chi connectivity index (χ3v) is 6.96. The number of aromatic amines is 1. The molecule has 1 saturated heterocycles. The molecule has 0 spiro atoms. The minimum Gasteiger partial charge on any atom is -0.379 e. The number of ether oxygens (including phenoxy) is 1. The molecule has 2 aliphatic rings. The number of aryl methyl sites for hydroxylation is 1. The fourth-order valence-corrected chi connectivity index (χ4v) is 5.24. The molecule has 0 atom stereocenters. The summed E-state index contributed by atoms with van der Waals surface area (Å²) in [5.74, 6) is 1.75. The lowest BCUT2D eigenvalue weighted by Crippen LogP contribution is -2.46. The molecule has 166 valence electrons. The molecule has 1 saturated carbocycles. The SMILES string of the molecule is Cn1cnnc1-c1ccc2[nH]c3ncnc(N[C@H]4CC[C@H](N5CCOCC5)CC4)c3c2c1. The second kappa shape index (κ2) is 8.14. The molecule has 0 radical (unpaired) electrons. The van der Waals surface area contributed by atoms with E-state index in [-0.39, 0.29) is 0 Å². The van der Waals surface area contributed by atoms with Crippen molar-refractivity contribution in [1.29, 1.82) is 0 Å². The number of nitrogens with one attached hydrogen (secondary N) is 2. The molecule has 1 aliphatic carbocycles. The zero-order chi connectivity index (χ0) is 21.5. The number of anilines is 1. The molecule has 4 heterocycles. The van der Waals surface area contributed by atoms with Crippen molar-refractivity contribution in [3.05, 3.63) is 30.9 Å². The largest absolute Gasteiger partial charge is 0.379 e. The Labute approximate surface area is 186 Å². The monoisotopic (exact) mass is 432 g/mol. The highest BCUT2D eigenvalue weighted by Gasteiger charge is 2.27. The highest BCUT2D eigenvalue weighted by Crippen LogP contribution is 2.33. The van der Waals surface area contributed by atoms with Crippen molar-refractivity contribution in [2.24, 2.45) is 7.05 Å². The summed E-state index contributed by atoms with van der Waals surface area (Å²) in [5.41, 5.74) is 2.93. The normalized spacial score (nSPS) is 22.5. The average molecular weight is 433 g/mol. The van der Waals surface area contributed by atoms with Crippen LogP contribution < -0.4 is 5.32 Å². The maximum absolute atomic E-state index is 5.52. The maximum atomic E-state index is 5.52. The van der Waals surface area contributed by atoms with Crippen LogP contribution in [0.15, 0.2) is 30.9 Å². The first-order valence-corrected chi connectivity index (χ1v) is 11.5. The minimum absolute atomic E-state index is 0.428. The highest BCUT2D eigenvalue weighted by molar-refractivity contribution is 6.12. The Hall–Kier alpha value is -3.04. The number of hydrogen-bond donors (Lipinski definition) is 2. The summed E-state index contributed by atoms with van der Waals surface area (Å²) in [5, 5.41) is 14.2. The number of H-pyrrole nitrogens is 1. The van der Waals surface area contributed by atoms with Gasteiger partial charge in [0.25, 0.3) is 0 Å². The Morgan fingerprint density at radius 2 is 1.94 bits per heavy atom. The van der Waals surface area contributed by atoms with E-state index < -0.39 is 0 Å². The lowest BCUT2D eigenvalue weighted by atomic mass is 9.90. The summed E-state index contributed by atoms with van der Waals surface area (Å²) >= 11 is 0. The number of benzene rings is 1. The van der Waals surface area contributed by atoms with Crippen molar-refractivity contribution in [1.82, 2.24) is 34.6 Å². The van der Waals surface area contributed by atoms with Gasteiger partial charge in [-0.1, -0.05) is 0 Å². The van der Waals surface area contributed by atoms with Crippen LogP contribution in [0.2, 0.25) is 0 Å². The second-order valence-electron chi connectivity index (χ2n) is 8.89. The van der Waals surface area contributed by atoms with Gasteiger partial charge in [-0.3, -0.25) is 4.90 Å². The predicted octanol–water partition coefficient (Wildman–Crippen LogP) is 2.96. The molecule has 2 N–H and O–H groups in total. The molecule has 0 bridgehead atoms. The molecule has 1 aromatic carbocycles. The van der Waals surface area contributed by atoms with Crippen LogP contribution in [-0.4, -0.2) is 73.0 Å². The standard InChI is InChI=1S/C23H28N8O/c1-30-14-26-29-23(30)15-2-7-19-18(12-15)20-21(24-13-25-22(20)28-19)27-16-3-5-17(6-4-16)31-8-10-32-11-9-31/h2,7,12-14,16-17H,3-6,8-11H2,1H3,(H2,24,25,27,28)/t16-,17-. The predicted molar refractivity (Wildman–Crippen MR) is 123 cm³/mol. The van der Waals surface area contributed by atoms with E-state index in [1.54, 1.807) is 12.7 Å². The topological polar surface area (TPSA) is 96.8 Å². The van der Waals surface area contributed by atoms with E-state index in [4.69, 9.17) is 4.74 Å². The van der Waals surface area contributed by atoms with Crippen LogP contribution in [0.5, 0.6) is 0 Å². The molecule has 1 aliphatic heterocycles. The first-order valence-electron chi connectivity index (χ1n) is 11.5. The van der Waals surface area contributed by atoms with Crippen molar-refractivity contribution >= 4 is 27.8 Å². The summed E-state index contributed by atoms with van der Waals surface area (Å²) in [7, 11) is 1.96. The highest BCUT2D eigenvalue weighted by atomic mass is 16.5. The quantitative estimate of drug-likeness (QED) is 0.512. The minimum atomic E-state index is 0.428. The van der Waals surface area contributed by atoms with E-state index >= 15 is 0 Å². The van der Waals surface area contributed by atoms with Crippen LogP contribution in [0.4, 0.5) is 5.82 Å². The summed E-state index contributed by atoms with van der Waals surface area (Å²) in [6.45, 7) is 3.87. The molecule has 0 unspecified atom stereocenters. The Balaban J connectivity index is 1.27. The van der Waals surface area contributed by atoms with Gasteiger partial charge in [0.1, 0.15) is 24.1 Å². The van der Waals surface area contributed by atoms with E-state index in [0.29, 0.717) is 12.1 Å². The third-order valence-electron chi connectivity index (χ3n) is 6.96. The summed E-state index contributed by atoms with van der Waals surface area (Å²) in [4.78, 5) is 15.2. The molecule has 9 nitrogen and oxygen atoms in total. The first-order chi connectivity index (χ1) is 15.8. The van der Waals surface area contributed by atoms with E-state index in [1.807, 2.05) is 11.6 Å². The number of hydrogen-bond acceptors (Lipinski definition) is 7. The summed E-state index contributed by atoms with van der Waals surface area (Å²) in [6.07, 6.45) is 8.10. The number of rotatable bonds is 4. The Bertz CT molecular complexity index is 1230. The van der Waals surface area contributed by atoms with Gasteiger partial charge in [0, 0.05) is 48.7 Å². The fraction of sp³-hybridized carbons (Fsp3) is 0.478. The summed E-state index contributed by atoms with van der Waals surface area (Å²) in [6, 6.07) is 7.41. The van der Waals surface area contributed by atoms with Crippen molar-refractivity contribution in [2.45, 2.75) is 37.8 Å². The smallest absolute Gasteiger partial charge is 0.163 e. The van der Waals surface area contributed by atoms with Gasteiger partial charge in [-0.05, 0) is 43.9 Å². The van der Waals surface area contributed by atoms with Gasteiger partial charge in [0.05, 0.1) is 18.6 Å². The van der Waals surface area contributed by atoms with Gasteiger partial charge in [0.15, 0.2) is 5.82 Å². The molecule has 0 amide bonds. The van der Waals surface area contributed by atoms with Crippen LogP contribution >= 0.6 is 0 Å². The number of morpholine rings is 1. The van der Waals surface area contributed by atoms with Gasteiger partial charge in [-0.15, -0.1) is 10.2 Å². The fourth-order valence-electron chi connectivity index (χ4n) is 5.24. The maximum Gasteiger partial charge on any atom is 0.163 e. The van der Waals surface area contributed by atoms with Crippen LogP contribution in [-0.2, 0) is 11.8 Å². The molecular weight excluding hydrogens is 404 g/mol. The molecule has 3 aromatic heterocycles. The molecule has 32 heavy (non-hydrogen) atoms. The Morgan fingerprint density at radius 3 is 2.72 bits per heavy atom. The Kier molecular flexibility index (Phi) is 4.99. The molecule has 9 heteroatoms. The molecule has 4 aromatic rings. The molecule has 2 fully saturated rings. The van der Waals surface area contributed by atoms with E-state index in [9.17, 15) is 0 Å². The first kappa shape index (κ1) is 19.6. The second-order valence-corrected chi connectivity index (χ2v) is 8.89. The lowest BCUT2D eigenvalue weighted by Gasteiger charge is -2.39. The Morgan fingerprint density at radius 1 is 1.09 bits per heavy atom. The van der Waals surface area contributed by atoms with Gasteiger partial charge < -0.3 is 19.6 Å². The zero-order valence-corrected chi connectivity index (χ0v) is 18.3. The van der Waals surface area contributed by atoms with Crippen LogP contribution in [0.1, 0.15) is 25.7 Å². The average Bonchev–Trinajstić information content (AvgIpc) is 3.43. The van der Waals surface area contributed by atoms with Crippen molar-refractivity contribution in [3.63, 3.8) is 0 Å². The van der Waals surface area contributed by atoms with E-state index in [1.165, 1.54) is 12.8 Å². The van der Waals surface area contributed by atoms with Gasteiger partial charge in [-0.2, -0.15) is 0 Å². The number of fused-ring (bicyclic) bond motifs is 3. The molecular formula is C23H28N8O.